The lowest BCUT2D eigenvalue weighted by Crippen LogP contribution is -2.26. The number of carbonyl (C=O) groups excluding carboxylic acids is 1. The van der Waals surface area contributed by atoms with Crippen LogP contribution in [-0.4, -0.2) is 57.3 Å². The fraction of sp³-hybridized carbons (Fsp3) is 0.333. The molecule has 0 saturated carbocycles. The molecular formula is C18H19F3N2O5S3. The fourth-order valence-corrected chi connectivity index (χ4v) is 4.49. The van der Waals surface area contributed by atoms with E-state index < -0.39 is 18.1 Å². The number of carbonyl (C=O) groups is 3. The Bertz CT molecular complexity index is 877. The van der Waals surface area contributed by atoms with Gasteiger partial charge in [-0.3, -0.25) is 14.6 Å². The molecule has 0 radical (unpaired) electrons. The van der Waals surface area contributed by atoms with Crippen LogP contribution in [0.2, 0.25) is 0 Å². The maximum Gasteiger partial charge on any atom is 0.490 e. The van der Waals surface area contributed by atoms with Crippen LogP contribution < -0.4 is 5.32 Å². The number of carboxylic acid groups (broad SMARTS) is 2. The highest BCUT2D eigenvalue weighted by Crippen LogP contribution is 2.24. The Hall–Kier alpha value is -2.25. The summed E-state index contributed by atoms with van der Waals surface area (Å²) in [5.74, 6) is -2.37. The third kappa shape index (κ3) is 10.6. The van der Waals surface area contributed by atoms with Crippen molar-refractivity contribution in [3.05, 3.63) is 40.9 Å². The molecule has 3 N–H and O–H groups in total. The average molecular weight is 497 g/mol. The number of aromatic nitrogens is 1. The Kier molecular flexibility index (Phi) is 11.4. The van der Waals surface area contributed by atoms with E-state index in [-0.39, 0.29) is 12.3 Å². The first-order valence-electron chi connectivity index (χ1n) is 8.58. The zero-order valence-corrected chi connectivity index (χ0v) is 18.6. The molecular weight excluding hydrogens is 477 g/mol. The van der Waals surface area contributed by atoms with E-state index >= 15 is 0 Å². The third-order valence-corrected chi connectivity index (χ3v) is 6.60. The quantitative estimate of drug-likeness (QED) is 0.347. The Morgan fingerprint density at radius 1 is 1.13 bits per heavy atom. The van der Waals surface area contributed by atoms with Crippen LogP contribution in [0, 0.1) is 6.92 Å². The predicted octanol–water partition coefficient (Wildman–Crippen LogP) is 4.34. The van der Waals surface area contributed by atoms with Gasteiger partial charge in [-0.05, 0) is 30.5 Å². The third-order valence-electron chi connectivity index (χ3n) is 3.30. The second-order valence-electron chi connectivity index (χ2n) is 5.65. The number of aliphatic carboxylic acids is 2. The highest BCUT2D eigenvalue weighted by Gasteiger charge is 2.38. The van der Waals surface area contributed by atoms with Crippen molar-refractivity contribution in [2.75, 3.05) is 18.1 Å². The first-order chi connectivity index (χ1) is 14.5. The standard InChI is InChI=1S/C16H18N2O3S3.C2HF3O2/c1-11-12(4-5-13(18-11)14-3-2-8-22-14)16(21)17-7-10-24-23-9-6-15(19)20;3-2(4,5)1(6)7/h2-5,8H,6-7,9-10H2,1H3,(H,17,21)(H,19,20);(H,6,7). The number of pyridine rings is 1. The maximum atomic E-state index is 12.2. The van der Waals surface area contributed by atoms with E-state index in [9.17, 15) is 22.8 Å². The lowest BCUT2D eigenvalue weighted by atomic mass is 10.1. The summed E-state index contributed by atoms with van der Waals surface area (Å²) >= 11 is 1.62. The van der Waals surface area contributed by atoms with Gasteiger partial charge in [0, 0.05) is 18.1 Å². The molecule has 2 heterocycles. The molecule has 0 unspecified atom stereocenters. The van der Waals surface area contributed by atoms with Crippen molar-refractivity contribution in [1.82, 2.24) is 10.3 Å². The van der Waals surface area contributed by atoms with Crippen molar-refractivity contribution in [2.24, 2.45) is 0 Å². The van der Waals surface area contributed by atoms with Gasteiger partial charge in [0.1, 0.15) is 0 Å². The van der Waals surface area contributed by atoms with Gasteiger partial charge in [-0.1, -0.05) is 27.7 Å². The first kappa shape index (κ1) is 26.8. The Morgan fingerprint density at radius 2 is 1.77 bits per heavy atom. The van der Waals surface area contributed by atoms with Crippen LogP contribution in [0.3, 0.4) is 0 Å². The summed E-state index contributed by atoms with van der Waals surface area (Å²) in [6.07, 6.45) is -4.93. The first-order valence-corrected chi connectivity index (χ1v) is 11.9. The molecule has 1 amide bonds. The van der Waals surface area contributed by atoms with Crippen molar-refractivity contribution in [2.45, 2.75) is 19.5 Å². The van der Waals surface area contributed by atoms with Gasteiger partial charge >= 0.3 is 18.1 Å². The van der Waals surface area contributed by atoms with E-state index in [2.05, 4.69) is 10.3 Å². The van der Waals surface area contributed by atoms with Crippen LogP contribution in [0.25, 0.3) is 10.6 Å². The summed E-state index contributed by atoms with van der Waals surface area (Å²) in [6.45, 7) is 2.37. The highest BCUT2D eigenvalue weighted by molar-refractivity contribution is 8.76. The van der Waals surface area contributed by atoms with Gasteiger partial charge in [0.25, 0.3) is 5.91 Å². The number of aryl methyl sites for hydroxylation is 1. The molecule has 0 aliphatic rings. The van der Waals surface area contributed by atoms with E-state index in [1.54, 1.807) is 22.1 Å². The minimum Gasteiger partial charge on any atom is -0.481 e. The molecule has 0 atom stereocenters. The van der Waals surface area contributed by atoms with Gasteiger partial charge in [0.05, 0.1) is 28.2 Å². The summed E-state index contributed by atoms with van der Waals surface area (Å²) in [5.41, 5.74) is 2.17. The van der Waals surface area contributed by atoms with Gasteiger partial charge in [0.15, 0.2) is 0 Å². The van der Waals surface area contributed by atoms with Crippen LogP contribution in [0.5, 0.6) is 0 Å². The van der Waals surface area contributed by atoms with Crippen molar-refractivity contribution in [3.63, 3.8) is 0 Å². The number of alkyl halides is 3. The van der Waals surface area contributed by atoms with Crippen LogP contribution in [0.15, 0.2) is 29.6 Å². The zero-order chi connectivity index (χ0) is 23.4. The number of nitrogens with zero attached hydrogens (tertiary/aromatic N) is 1. The molecule has 2 aromatic rings. The molecule has 2 rings (SSSR count). The lowest BCUT2D eigenvalue weighted by molar-refractivity contribution is -0.192. The van der Waals surface area contributed by atoms with E-state index in [1.165, 1.54) is 10.8 Å². The molecule has 170 valence electrons. The van der Waals surface area contributed by atoms with Gasteiger partial charge in [-0.25, -0.2) is 4.79 Å². The summed E-state index contributed by atoms with van der Waals surface area (Å²) in [4.78, 5) is 37.1. The maximum absolute atomic E-state index is 12.2. The van der Waals surface area contributed by atoms with E-state index in [0.29, 0.717) is 23.6 Å². The number of nitrogens with one attached hydrogen (secondary N) is 1. The van der Waals surface area contributed by atoms with Gasteiger partial charge in [-0.15, -0.1) is 11.3 Å². The number of hydrogen-bond donors (Lipinski definition) is 3. The highest BCUT2D eigenvalue weighted by atomic mass is 33.1. The van der Waals surface area contributed by atoms with Gasteiger partial charge < -0.3 is 15.5 Å². The molecule has 0 fully saturated rings. The van der Waals surface area contributed by atoms with Crippen LogP contribution in [0.1, 0.15) is 22.5 Å². The van der Waals surface area contributed by atoms with E-state index in [4.69, 9.17) is 15.0 Å². The van der Waals surface area contributed by atoms with Crippen LogP contribution in [-0.2, 0) is 9.59 Å². The number of hydrogen-bond acceptors (Lipinski definition) is 7. The Balaban J connectivity index is 0.000000592. The SMILES string of the molecule is Cc1nc(-c2cccs2)ccc1C(=O)NCCSSCCC(=O)O.O=C(O)C(F)(F)F. The molecule has 13 heteroatoms. The lowest BCUT2D eigenvalue weighted by Gasteiger charge is -2.08. The average Bonchev–Trinajstić information content (AvgIpc) is 3.21. The molecule has 0 spiro atoms. The van der Waals surface area contributed by atoms with Crippen molar-refractivity contribution in [3.8, 4) is 10.6 Å². The Labute approximate surface area is 187 Å². The number of carboxylic acids is 2. The van der Waals surface area contributed by atoms with E-state index in [1.807, 2.05) is 36.6 Å². The molecule has 0 bridgehead atoms. The van der Waals surface area contributed by atoms with Crippen molar-refractivity contribution >= 4 is 50.8 Å². The number of halogens is 3. The zero-order valence-electron chi connectivity index (χ0n) is 16.1. The number of amides is 1. The second kappa shape index (κ2) is 13.2. The number of rotatable bonds is 9. The summed E-state index contributed by atoms with van der Waals surface area (Å²) in [5, 5.41) is 20.5. The topological polar surface area (TPSA) is 117 Å². The monoisotopic (exact) mass is 496 g/mol. The fourth-order valence-electron chi connectivity index (χ4n) is 1.91. The molecule has 2 aromatic heterocycles. The van der Waals surface area contributed by atoms with Gasteiger partial charge in [-0.2, -0.15) is 13.2 Å². The second-order valence-corrected chi connectivity index (χ2v) is 9.30. The molecule has 0 aromatic carbocycles. The summed E-state index contributed by atoms with van der Waals surface area (Å²) in [6, 6.07) is 7.65. The van der Waals surface area contributed by atoms with E-state index in [0.717, 1.165) is 16.3 Å². The normalized spacial score (nSPS) is 10.7. The molecule has 0 saturated heterocycles. The van der Waals surface area contributed by atoms with Crippen LogP contribution >= 0.6 is 32.9 Å². The molecule has 7 nitrogen and oxygen atoms in total. The van der Waals surface area contributed by atoms with Crippen LogP contribution in [0.4, 0.5) is 13.2 Å². The smallest absolute Gasteiger partial charge is 0.481 e. The molecule has 31 heavy (non-hydrogen) atoms. The van der Waals surface area contributed by atoms with Crippen molar-refractivity contribution in [1.29, 1.82) is 0 Å². The summed E-state index contributed by atoms with van der Waals surface area (Å²) < 4.78 is 31.7. The molecule has 0 aliphatic heterocycles. The predicted molar refractivity (Wildman–Crippen MR) is 115 cm³/mol. The Morgan fingerprint density at radius 3 is 2.29 bits per heavy atom. The molecule has 0 aliphatic carbocycles. The number of thiophene rings is 1. The minimum atomic E-state index is -5.08. The summed E-state index contributed by atoms with van der Waals surface area (Å²) in [7, 11) is 3.07. The largest absolute Gasteiger partial charge is 0.490 e. The van der Waals surface area contributed by atoms with Gasteiger partial charge in [0.2, 0.25) is 0 Å². The van der Waals surface area contributed by atoms with Crippen molar-refractivity contribution < 1.29 is 37.8 Å². The minimum absolute atomic E-state index is 0.131.